The maximum absolute atomic E-state index is 12.5. The number of anilines is 1. The van der Waals surface area contributed by atoms with Gasteiger partial charge in [0.15, 0.2) is 0 Å². The minimum absolute atomic E-state index is 0.0118. The van der Waals surface area contributed by atoms with Gasteiger partial charge in [-0.3, -0.25) is 9.59 Å². The molecule has 2 N–H and O–H groups in total. The van der Waals surface area contributed by atoms with Crippen molar-refractivity contribution in [3.63, 3.8) is 0 Å². The molecule has 1 aromatic heterocycles. The number of nitrogens with one attached hydrogen (secondary N) is 2. The molecule has 0 aliphatic carbocycles. The van der Waals surface area contributed by atoms with Crippen molar-refractivity contribution in [2.75, 3.05) is 18.9 Å². The first-order valence-electron chi connectivity index (χ1n) is 7.72. The van der Waals surface area contributed by atoms with Gasteiger partial charge in [0.05, 0.1) is 6.54 Å². The zero-order chi connectivity index (χ0) is 17.1. The van der Waals surface area contributed by atoms with Crippen LogP contribution < -0.4 is 5.32 Å². The van der Waals surface area contributed by atoms with Gasteiger partial charge in [-0.1, -0.05) is 35.9 Å². The second-order valence-electron chi connectivity index (χ2n) is 5.85. The highest BCUT2D eigenvalue weighted by Crippen LogP contribution is 2.16. The highest BCUT2D eigenvalue weighted by atomic mass is 16.2. The van der Waals surface area contributed by atoms with Crippen LogP contribution in [0.2, 0.25) is 0 Å². The number of benzene rings is 2. The Morgan fingerprint density at radius 1 is 1.08 bits per heavy atom. The molecule has 0 unspecified atom stereocenters. The third kappa shape index (κ3) is 3.46. The number of hydrogen-bond acceptors (Lipinski definition) is 2. The van der Waals surface area contributed by atoms with Crippen LogP contribution in [-0.4, -0.2) is 35.3 Å². The molecule has 0 bridgehead atoms. The fourth-order valence-corrected chi connectivity index (χ4v) is 2.52. The Morgan fingerprint density at radius 3 is 2.50 bits per heavy atom. The Bertz CT molecular complexity index is 848. The number of carbonyl (C=O) groups excluding carboxylic acids is 2. The van der Waals surface area contributed by atoms with Gasteiger partial charge in [-0.05, 0) is 31.2 Å². The van der Waals surface area contributed by atoms with E-state index in [1.165, 1.54) is 4.90 Å². The summed E-state index contributed by atoms with van der Waals surface area (Å²) in [5, 5.41) is 3.76. The molecule has 24 heavy (non-hydrogen) atoms. The molecular formula is C19H19N3O2. The third-order valence-corrected chi connectivity index (χ3v) is 3.82. The SMILES string of the molecule is Cc1ccc(NC(=O)CN(C)C(=O)c2cc3ccccc3[nH]2)cc1. The zero-order valence-corrected chi connectivity index (χ0v) is 13.7. The number of likely N-dealkylation sites (N-methyl/N-ethyl adjacent to an activating group) is 1. The molecule has 0 aliphatic rings. The predicted octanol–water partition coefficient (Wildman–Crippen LogP) is 3.19. The fourth-order valence-electron chi connectivity index (χ4n) is 2.52. The lowest BCUT2D eigenvalue weighted by Crippen LogP contribution is -2.35. The number of nitrogens with zero attached hydrogens (tertiary/aromatic N) is 1. The lowest BCUT2D eigenvalue weighted by molar-refractivity contribution is -0.116. The molecule has 0 spiro atoms. The Hall–Kier alpha value is -3.08. The number of aromatic amines is 1. The number of H-pyrrole nitrogens is 1. The lowest BCUT2D eigenvalue weighted by atomic mass is 10.2. The molecule has 5 heteroatoms. The van der Waals surface area contributed by atoms with E-state index in [0.29, 0.717) is 5.69 Å². The van der Waals surface area contributed by atoms with E-state index in [1.54, 1.807) is 13.1 Å². The van der Waals surface area contributed by atoms with E-state index in [2.05, 4.69) is 10.3 Å². The largest absolute Gasteiger partial charge is 0.351 e. The first-order valence-corrected chi connectivity index (χ1v) is 7.72. The first-order chi connectivity index (χ1) is 11.5. The van der Waals surface area contributed by atoms with Crippen molar-refractivity contribution >= 4 is 28.4 Å². The van der Waals surface area contributed by atoms with Crippen LogP contribution in [-0.2, 0) is 4.79 Å². The number of carbonyl (C=O) groups is 2. The van der Waals surface area contributed by atoms with Crippen LogP contribution in [0.3, 0.4) is 0 Å². The Kier molecular flexibility index (Phi) is 4.33. The topological polar surface area (TPSA) is 65.2 Å². The summed E-state index contributed by atoms with van der Waals surface area (Å²) in [4.78, 5) is 29.0. The van der Waals surface area contributed by atoms with Crippen molar-refractivity contribution < 1.29 is 9.59 Å². The van der Waals surface area contributed by atoms with Gasteiger partial charge in [0.2, 0.25) is 5.91 Å². The monoisotopic (exact) mass is 321 g/mol. The number of fused-ring (bicyclic) bond motifs is 1. The summed E-state index contributed by atoms with van der Waals surface area (Å²) in [6.07, 6.45) is 0. The van der Waals surface area contributed by atoms with Gasteiger partial charge in [0.25, 0.3) is 5.91 Å². The standard InChI is InChI=1S/C19H19N3O2/c1-13-7-9-15(10-8-13)20-18(23)12-22(2)19(24)17-11-14-5-3-4-6-16(14)21-17/h3-11,21H,12H2,1-2H3,(H,20,23). The molecule has 0 saturated carbocycles. The molecule has 3 rings (SSSR count). The maximum Gasteiger partial charge on any atom is 0.270 e. The molecule has 3 aromatic rings. The maximum atomic E-state index is 12.5. The van der Waals surface area contributed by atoms with Crippen LogP contribution in [0.5, 0.6) is 0 Å². The average molecular weight is 321 g/mol. The molecule has 0 aliphatic heterocycles. The molecule has 0 radical (unpaired) electrons. The van der Waals surface area contributed by atoms with E-state index < -0.39 is 0 Å². The second kappa shape index (κ2) is 6.58. The van der Waals surface area contributed by atoms with Crippen molar-refractivity contribution in [3.8, 4) is 0 Å². The molecule has 0 fully saturated rings. The molecule has 5 nitrogen and oxygen atoms in total. The minimum atomic E-state index is -0.231. The summed E-state index contributed by atoms with van der Waals surface area (Å²) in [7, 11) is 1.61. The molecule has 2 aromatic carbocycles. The number of hydrogen-bond donors (Lipinski definition) is 2. The summed E-state index contributed by atoms with van der Waals surface area (Å²) < 4.78 is 0. The molecule has 0 atom stereocenters. The number of aromatic nitrogens is 1. The summed E-state index contributed by atoms with van der Waals surface area (Å²) in [6.45, 7) is 1.97. The Balaban J connectivity index is 1.64. The second-order valence-corrected chi connectivity index (χ2v) is 5.85. The van der Waals surface area contributed by atoms with E-state index in [1.807, 2.05) is 55.5 Å². The normalized spacial score (nSPS) is 10.6. The van der Waals surface area contributed by atoms with Crippen LogP contribution in [0.15, 0.2) is 54.6 Å². The number of rotatable bonds is 4. The highest BCUT2D eigenvalue weighted by Gasteiger charge is 2.17. The Morgan fingerprint density at radius 2 is 1.79 bits per heavy atom. The summed E-state index contributed by atoms with van der Waals surface area (Å²) in [5.74, 6) is -0.448. The summed E-state index contributed by atoms with van der Waals surface area (Å²) in [6, 6.07) is 17.0. The lowest BCUT2D eigenvalue weighted by Gasteiger charge is -2.16. The van der Waals surface area contributed by atoms with Gasteiger partial charge in [0.1, 0.15) is 5.69 Å². The van der Waals surface area contributed by atoms with Crippen LogP contribution >= 0.6 is 0 Å². The smallest absolute Gasteiger partial charge is 0.270 e. The van der Waals surface area contributed by atoms with Crippen LogP contribution in [0, 0.1) is 6.92 Å². The van der Waals surface area contributed by atoms with E-state index in [4.69, 9.17) is 0 Å². The molecule has 2 amide bonds. The van der Waals surface area contributed by atoms with Gasteiger partial charge < -0.3 is 15.2 Å². The summed E-state index contributed by atoms with van der Waals surface area (Å²) in [5.41, 5.74) is 3.22. The first kappa shape index (κ1) is 15.8. The highest BCUT2D eigenvalue weighted by molar-refractivity contribution is 6.01. The van der Waals surface area contributed by atoms with Gasteiger partial charge in [0, 0.05) is 23.6 Å². The van der Waals surface area contributed by atoms with Crippen LogP contribution in [0.1, 0.15) is 16.1 Å². The van der Waals surface area contributed by atoms with Crippen molar-refractivity contribution in [1.82, 2.24) is 9.88 Å². The predicted molar refractivity (Wildman–Crippen MR) is 95.1 cm³/mol. The van der Waals surface area contributed by atoms with Gasteiger partial charge in [-0.25, -0.2) is 0 Å². The van der Waals surface area contributed by atoms with Crippen molar-refractivity contribution in [1.29, 1.82) is 0 Å². The van der Waals surface area contributed by atoms with E-state index in [-0.39, 0.29) is 18.4 Å². The molecule has 1 heterocycles. The Labute approximate surface area is 140 Å². The van der Waals surface area contributed by atoms with Gasteiger partial charge in [-0.15, -0.1) is 0 Å². The number of para-hydroxylation sites is 1. The third-order valence-electron chi connectivity index (χ3n) is 3.82. The number of aryl methyl sites for hydroxylation is 1. The zero-order valence-electron chi connectivity index (χ0n) is 13.7. The molecule has 0 saturated heterocycles. The molecular weight excluding hydrogens is 302 g/mol. The van der Waals surface area contributed by atoms with Crippen molar-refractivity contribution in [2.24, 2.45) is 0 Å². The van der Waals surface area contributed by atoms with E-state index in [0.717, 1.165) is 22.2 Å². The summed E-state index contributed by atoms with van der Waals surface area (Å²) >= 11 is 0. The molecule has 122 valence electrons. The van der Waals surface area contributed by atoms with Gasteiger partial charge >= 0.3 is 0 Å². The van der Waals surface area contributed by atoms with Crippen LogP contribution in [0.25, 0.3) is 10.9 Å². The quantitative estimate of drug-likeness (QED) is 0.775. The van der Waals surface area contributed by atoms with E-state index in [9.17, 15) is 9.59 Å². The van der Waals surface area contributed by atoms with E-state index >= 15 is 0 Å². The average Bonchev–Trinajstić information content (AvgIpc) is 3.00. The van der Waals surface area contributed by atoms with Crippen molar-refractivity contribution in [2.45, 2.75) is 6.92 Å². The minimum Gasteiger partial charge on any atom is -0.351 e. The fraction of sp³-hybridized carbons (Fsp3) is 0.158. The number of amides is 2. The van der Waals surface area contributed by atoms with Crippen LogP contribution in [0.4, 0.5) is 5.69 Å². The van der Waals surface area contributed by atoms with Gasteiger partial charge in [-0.2, -0.15) is 0 Å². The van der Waals surface area contributed by atoms with Crippen molar-refractivity contribution in [3.05, 3.63) is 65.9 Å².